The van der Waals surface area contributed by atoms with E-state index in [0.29, 0.717) is 12.8 Å². The van der Waals surface area contributed by atoms with Gasteiger partial charge in [0.25, 0.3) is 10.1 Å². The lowest BCUT2D eigenvalue weighted by Gasteiger charge is -2.15. The molecule has 6 heteroatoms. The summed E-state index contributed by atoms with van der Waals surface area (Å²) < 4.78 is 27.4. The maximum absolute atomic E-state index is 11.2. The summed E-state index contributed by atoms with van der Waals surface area (Å²) >= 11 is 0. The molecular formula is C13H27NO4S. The van der Waals surface area contributed by atoms with Gasteiger partial charge in [0.05, 0.1) is 12.4 Å². The van der Waals surface area contributed by atoms with Crippen molar-refractivity contribution in [1.82, 2.24) is 0 Å². The van der Waals surface area contributed by atoms with E-state index in [2.05, 4.69) is 6.92 Å². The lowest BCUT2D eigenvalue weighted by atomic mass is 10.0. The molecule has 1 atom stereocenters. The standard InChI is InChI=1S/C13H27NO4S/c1-3-4-5-6-7-9-12(18-19(2,16)17)10-8-11-13(14)15/h12H,3-11H2,1-2H3,(H2,14,15). The Morgan fingerprint density at radius 3 is 2.21 bits per heavy atom. The van der Waals surface area contributed by atoms with Crippen molar-refractivity contribution in [2.75, 3.05) is 6.26 Å². The summed E-state index contributed by atoms with van der Waals surface area (Å²) in [5.41, 5.74) is 5.06. The Bertz CT molecular complexity index is 341. The predicted molar refractivity (Wildman–Crippen MR) is 76.1 cm³/mol. The average molecular weight is 293 g/mol. The first-order valence-electron chi connectivity index (χ1n) is 7.01. The molecule has 0 aromatic rings. The highest BCUT2D eigenvalue weighted by atomic mass is 32.2. The number of primary amides is 1. The van der Waals surface area contributed by atoms with Crippen molar-refractivity contribution in [1.29, 1.82) is 0 Å². The van der Waals surface area contributed by atoms with Gasteiger partial charge in [-0.1, -0.05) is 39.0 Å². The minimum Gasteiger partial charge on any atom is -0.370 e. The van der Waals surface area contributed by atoms with Crippen LogP contribution in [0.15, 0.2) is 0 Å². The van der Waals surface area contributed by atoms with Crippen LogP contribution in [-0.2, 0) is 19.1 Å². The Labute approximate surface area is 117 Å². The lowest BCUT2D eigenvalue weighted by molar-refractivity contribution is -0.118. The fourth-order valence-electron chi connectivity index (χ4n) is 1.97. The van der Waals surface area contributed by atoms with Gasteiger partial charge in [-0.2, -0.15) is 8.42 Å². The van der Waals surface area contributed by atoms with Gasteiger partial charge in [-0.3, -0.25) is 8.98 Å². The second-order valence-electron chi connectivity index (χ2n) is 4.98. The summed E-state index contributed by atoms with van der Waals surface area (Å²) in [6.45, 7) is 2.15. The number of hydrogen-bond donors (Lipinski definition) is 1. The number of unbranched alkanes of at least 4 members (excludes halogenated alkanes) is 4. The molecule has 0 saturated heterocycles. The van der Waals surface area contributed by atoms with Crippen LogP contribution in [0.1, 0.15) is 64.7 Å². The van der Waals surface area contributed by atoms with Crippen molar-refractivity contribution in [3.63, 3.8) is 0 Å². The summed E-state index contributed by atoms with van der Waals surface area (Å²) in [6.07, 6.45) is 8.47. The van der Waals surface area contributed by atoms with Gasteiger partial charge in [0.2, 0.25) is 5.91 Å². The van der Waals surface area contributed by atoms with Crippen LogP contribution in [0.5, 0.6) is 0 Å². The van der Waals surface area contributed by atoms with Crippen molar-refractivity contribution in [2.45, 2.75) is 70.8 Å². The zero-order valence-corrected chi connectivity index (χ0v) is 12.9. The molecule has 0 rings (SSSR count). The van der Waals surface area contributed by atoms with Crippen LogP contribution in [-0.4, -0.2) is 26.7 Å². The van der Waals surface area contributed by atoms with E-state index in [1.54, 1.807) is 0 Å². The number of carbonyl (C=O) groups is 1. The van der Waals surface area contributed by atoms with Gasteiger partial charge in [-0.05, 0) is 19.3 Å². The molecule has 0 aliphatic heterocycles. The molecule has 19 heavy (non-hydrogen) atoms. The van der Waals surface area contributed by atoms with E-state index in [-0.39, 0.29) is 18.4 Å². The minimum atomic E-state index is -3.44. The molecule has 0 aliphatic carbocycles. The molecule has 1 amide bonds. The van der Waals surface area contributed by atoms with E-state index in [0.717, 1.165) is 25.5 Å². The van der Waals surface area contributed by atoms with Crippen molar-refractivity contribution in [3.05, 3.63) is 0 Å². The Balaban J connectivity index is 4.00. The molecule has 0 spiro atoms. The zero-order valence-electron chi connectivity index (χ0n) is 12.1. The van der Waals surface area contributed by atoms with E-state index in [9.17, 15) is 13.2 Å². The van der Waals surface area contributed by atoms with Crippen molar-refractivity contribution in [2.24, 2.45) is 5.73 Å². The van der Waals surface area contributed by atoms with Crippen LogP contribution in [0.2, 0.25) is 0 Å². The molecule has 0 aromatic heterocycles. The SMILES string of the molecule is CCCCCCCC(CCCC(N)=O)OS(C)(=O)=O. The summed E-state index contributed by atoms with van der Waals surface area (Å²) in [5, 5.41) is 0. The highest BCUT2D eigenvalue weighted by molar-refractivity contribution is 7.86. The molecule has 0 radical (unpaired) electrons. The summed E-state index contributed by atoms with van der Waals surface area (Å²) in [6, 6.07) is 0. The molecule has 0 saturated carbocycles. The summed E-state index contributed by atoms with van der Waals surface area (Å²) in [7, 11) is -3.44. The Hall–Kier alpha value is -0.620. The Kier molecular flexibility index (Phi) is 9.87. The predicted octanol–water partition coefficient (Wildman–Crippen LogP) is 2.35. The summed E-state index contributed by atoms with van der Waals surface area (Å²) in [5.74, 6) is -0.360. The maximum atomic E-state index is 11.2. The van der Waals surface area contributed by atoms with E-state index in [4.69, 9.17) is 9.92 Å². The molecule has 0 aliphatic rings. The van der Waals surface area contributed by atoms with Crippen LogP contribution in [0.3, 0.4) is 0 Å². The molecule has 0 fully saturated rings. The second-order valence-corrected chi connectivity index (χ2v) is 6.58. The van der Waals surface area contributed by atoms with Crippen LogP contribution in [0.25, 0.3) is 0 Å². The minimum absolute atomic E-state index is 0.277. The fraction of sp³-hybridized carbons (Fsp3) is 0.923. The number of hydrogen-bond acceptors (Lipinski definition) is 4. The Morgan fingerprint density at radius 2 is 1.68 bits per heavy atom. The van der Waals surface area contributed by atoms with Gasteiger partial charge in [0.15, 0.2) is 0 Å². The van der Waals surface area contributed by atoms with Gasteiger partial charge < -0.3 is 5.73 Å². The topological polar surface area (TPSA) is 86.5 Å². The lowest BCUT2D eigenvalue weighted by Crippen LogP contribution is -2.19. The number of rotatable bonds is 12. The third kappa shape index (κ3) is 13.6. The van der Waals surface area contributed by atoms with Gasteiger partial charge in [-0.15, -0.1) is 0 Å². The van der Waals surface area contributed by atoms with Gasteiger partial charge in [0.1, 0.15) is 0 Å². The fourth-order valence-corrected chi connectivity index (χ4v) is 2.65. The third-order valence-electron chi connectivity index (χ3n) is 2.89. The smallest absolute Gasteiger partial charge is 0.264 e. The molecule has 0 aromatic carbocycles. The second kappa shape index (κ2) is 10.2. The maximum Gasteiger partial charge on any atom is 0.264 e. The molecule has 114 valence electrons. The molecule has 5 nitrogen and oxygen atoms in total. The van der Waals surface area contributed by atoms with Crippen molar-refractivity contribution in [3.8, 4) is 0 Å². The molecule has 0 heterocycles. The van der Waals surface area contributed by atoms with Crippen LogP contribution < -0.4 is 5.73 Å². The van der Waals surface area contributed by atoms with E-state index in [1.165, 1.54) is 19.3 Å². The average Bonchev–Trinajstić information content (AvgIpc) is 2.26. The van der Waals surface area contributed by atoms with Crippen molar-refractivity contribution >= 4 is 16.0 Å². The van der Waals surface area contributed by atoms with Crippen LogP contribution in [0, 0.1) is 0 Å². The molecule has 1 unspecified atom stereocenters. The van der Waals surface area contributed by atoms with Crippen LogP contribution in [0.4, 0.5) is 0 Å². The number of carbonyl (C=O) groups excluding carboxylic acids is 1. The van der Waals surface area contributed by atoms with E-state index < -0.39 is 10.1 Å². The highest BCUT2D eigenvalue weighted by Gasteiger charge is 2.15. The molecule has 0 bridgehead atoms. The first-order valence-corrected chi connectivity index (χ1v) is 8.83. The van der Waals surface area contributed by atoms with Gasteiger partial charge >= 0.3 is 0 Å². The van der Waals surface area contributed by atoms with Crippen LogP contribution >= 0.6 is 0 Å². The van der Waals surface area contributed by atoms with E-state index in [1.807, 2.05) is 0 Å². The van der Waals surface area contributed by atoms with Gasteiger partial charge in [0, 0.05) is 6.42 Å². The summed E-state index contributed by atoms with van der Waals surface area (Å²) in [4.78, 5) is 10.7. The normalized spacial score (nSPS) is 13.4. The Morgan fingerprint density at radius 1 is 1.11 bits per heavy atom. The monoisotopic (exact) mass is 293 g/mol. The van der Waals surface area contributed by atoms with Gasteiger partial charge in [-0.25, -0.2) is 0 Å². The molecule has 2 N–H and O–H groups in total. The zero-order chi connectivity index (χ0) is 14.7. The number of amides is 1. The first-order chi connectivity index (χ1) is 8.85. The highest BCUT2D eigenvalue weighted by Crippen LogP contribution is 2.16. The van der Waals surface area contributed by atoms with E-state index >= 15 is 0 Å². The molecular weight excluding hydrogens is 266 g/mol. The van der Waals surface area contributed by atoms with Crippen molar-refractivity contribution < 1.29 is 17.4 Å². The quantitative estimate of drug-likeness (QED) is 0.442. The number of nitrogens with two attached hydrogens (primary N) is 1. The first kappa shape index (κ1) is 18.4. The largest absolute Gasteiger partial charge is 0.370 e. The third-order valence-corrected chi connectivity index (χ3v) is 3.51.